The Hall–Kier alpha value is -2.09. The molecule has 96 valence electrons. The molecular formula is C17H16O2. The number of carbonyl (C=O) groups excluding carboxylic acids is 1. The third-order valence-corrected chi connectivity index (χ3v) is 3.46. The second-order valence-corrected chi connectivity index (χ2v) is 4.84. The topological polar surface area (TPSA) is 26.3 Å². The van der Waals surface area contributed by atoms with Crippen molar-refractivity contribution in [3.8, 4) is 16.9 Å². The third-order valence-electron chi connectivity index (χ3n) is 3.46. The summed E-state index contributed by atoms with van der Waals surface area (Å²) in [6.45, 7) is 2.06. The average molecular weight is 252 g/mol. The van der Waals surface area contributed by atoms with Crippen molar-refractivity contribution >= 4 is 5.78 Å². The SMILES string of the molecule is CCCC1Oc2ccc(-c3ccccc3)cc2C1=O. The smallest absolute Gasteiger partial charge is 0.207 e. The lowest BCUT2D eigenvalue weighted by atomic mass is 9.99. The van der Waals surface area contributed by atoms with Crippen LogP contribution >= 0.6 is 0 Å². The van der Waals surface area contributed by atoms with Crippen molar-refractivity contribution in [2.75, 3.05) is 0 Å². The second-order valence-electron chi connectivity index (χ2n) is 4.84. The van der Waals surface area contributed by atoms with Crippen LogP contribution in [0.4, 0.5) is 0 Å². The largest absolute Gasteiger partial charge is 0.482 e. The van der Waals surface area contributed by atoms with Gasteiger partial charge in [0.05, 0.1) is 5.56 Å². The molecule has 2 aromatic rings. The first kappa shape index (κ1) is 12.0. The first-order valence-electron chi connectivity index (χ1n) is 6.70. The van der Waals surface area contributed by atoms with Crippen LogP contribution in [0.15, 0.2) is 48.5 Å². The van der Waals surface area contributed by atoms with Gasteiger partial charge in [0.15, 0.2) is 6.10 Å². The predicted octanol–water partition coefficient (Wildman–Crippen LogP) is 4.10. The van der Waals surface area contributed by atoms with E-state index in [9.17, 15) is 4.79 Å². The molecule has 0 saturated heterocycles. The Balaban J connectivity index is 1.97. The van der Waals surface area contributed by atoms with Crippen molar-refractivity contribution in [2.45, 2.75) is 25.9 Å². The number of ketones is 1. The Bertz CT molecular complexity index is 602. The molecule has 1 aliphatic rings. The summed E-state index contributed by atoms with van der Waals surface area (Å²) >= 11 is 0. The summed E-state index contributed by atoms with van der Waals surface area (Å²) in [5.41, 5.74) is 2.91. The van der Waals surface area contributed by atoms with Gasteiger partial charge in [-0.25, -0.2) is 0 Å². The van der Waals surface area contributed by atoms with E-state index in [0.717, 1.165) is 35.3 Å². The van der Waals surface area contributed by atoms with E-state index in [1.54, 1.807) is 0 Å². The van der Waals surface area contributed by atoms with Gasteiger partial charge >= 0.3 is 0 Å². The van der Waals surface area contributed by atoms with E-state index >= 15 is 0 Å². The molecule has 0 N–H and O–H groups in total. The lowest BCUT2D eigenvalue weighted by molar-refractivity contribution is 0.0845. The van der Waals surface area contributed by atoms with Gasteiger partial charge in [-0.15, -0.1) is 0 Å². The van der Waals surface area contributed by atoms with Gasteiger partial charge in [0, 0.05) is 0 Å². The van der Waals surface area contributed by atoms with E-state index in [0.29, 0.717) is 0 Å². The molecular weight excluding hydrogens is 236 g/mol. The van der Waals surface area contributed by atoms with Crippen LogP contribution in [0.2, 0.25) is 0 Å². The van der Waals surface area contributed by atoms with Gasteiger partial charge in [-0.2, -0.15) is 0 Å². The molecule has 1 unspecified atom stereocenters. The van der Waals surface area contributed by atoms with Crippen LogP contribution in [0, 0.1) is 0 Å². The minimum Gasteiger partial charge on any atom is -0.482 e. The zero-order valence-corrected chi connectivity index (χ0v) is 10.9. The maximum absolute atomic E-state index is 12.2. The second kappa shape index (κ2) is 4.88. The van der Waals surface area contributed by atoms with E-state index in [1.165, 1.54) is 0 Å². The third kappa shape index (κ3) is 2.14. The first-order valence-corrected chi connectivity index (χ1v) is 6.70. The minimum absolute atomic E-state index is 0.120. The van der Waals surface area contributed by atoms with Crippen LogP contribution in [0.1, 0.15) is 30.1 Å². The molecule has 1 atom stereocenters. The van der Waals surface area contributed by atoms with Crippen LogP contribution in [-0.4, -0.2) is 11.9 Å². The number of rotatable bonds is 3. The molecule has 19 heavy (non-hydrogen) atoms. The molecule has 1 heterocycles. The molecule has 0 bridgehead atoms. The van der Waals surface area contributed by atoms with Gasteiger partial charge in [-0.3, -0.25) is 4.79 Å². The molecule has 0 radical (unpaired) electrons. The summed E-state index contributed by atoms with van der Waals surface area (Å²) in [5.74, 6) is 0.845. The van der Waals surface area contributed by atoms with Crippen LogP contribution in [-0.2, 0) is 0 Å². The fraction of sp³-hybridized carbons (Fsp3) is 0.235. The number of Topliss-reactive ketones (excluding diaryl/α,β-unsaturated/α-hetero) is 1. The molecule has 2 aromatic carbocycles. The fourth-order valence-electron chi connectivity index (χ4n) is 2.47. The van der Waals surface area contributed by atoms with Gasteiger partial charge in [-0.1, -0.05) is 49.7 Å². The Kier molecular flexibility index (Phi) is 3.08. The summed E-state index contributed by atoms with van der Waals surface area (Å²) in [6, 6.07) is 15.9. The molecule has 0 aliphatic carbocycles. The number of ether oxygens (including phenoxy) is 1. The number of hydrogen-bond donors (Lipinski definition) is 0. The van der Waals surface area contributed by atoms with E-state index in [-0.39, 0.29) is 11.9 Å². The molecule has 0 saturated carbocycles. The quantitative estimate of drug-likeness (QED) is 0.822. The molecule has 1 aliphatic heterocycles. The van der Waals surface area contributed by atoms with Crippen LogP contribution < -0.4 is 4.74 Å². The van der Waals surface area contributed by atoms with Crippen molar-refractivity contribution in [1.29, 1.82) is 0 Å². The lowest BCUT2D eigenvalue weighted by Gasteiger charge is -2.06. The Morgan fingerprint density at radius 3 is 2.58 bits per heavy atom. The van der Waals surface area contributed by atoms with Crippen molar-refractivity contribution in [3.63, 3.8) is 0 Å². The van der Waals surface area contributed by atoms with Gasteiger partial charge < -0.3 is 4.74 Å². The van der Waals surface area contributed by atoms with Gasteiger partial charge in [0.25, 0.3) is 0 Å². The fourth-order valence-corrected chi connectivity index (χ4v) is 2.47. The normalized spacial score (nSPS) is 17.1. The summed E-state index contributed by atoms with van der Waals surface area (Å²) in [7, 11) is 0. The molecule has 0 amide bonds. The minimum atomic E-state index is -0.286. The predicted molar refractivity (Wildman–Crippen MR) is 75.5 cm³/mol. The number of benzene rings is 2. The van der Waals surface area contributed by atoms with Crippen molar-refractivity contribution in [3.05, 3.63) is 54.1 Å². The Morgan fingerprint density at radius 1 is 1.05 bits per heavy atom. The van der Waals surface area contributed by atoms with E-state index in [4.69, 9.17) is 4.74 Å². The highest BCUT2D eigenvalue weighted by molar-refractivity contribution is 6.05. The van der Waals surface area contributed by atoms with Crippen molar-refractivity contribution < 1.29 is 9.53 Å². The maximum atomic E-state index is 12.2. The van der Waals surface area contributed by atoms with Crippen LogP contribution in [0.5, 0.6) is 5.75 Å². The zero-order chi connectivity index (χ0) is 13.2. The summed E-state index contributed by atoms with van der Waals surface area (Å²) < 4.78 is 5.70. The highest BCUT2D eigenvalue weighted by Crippen LogP contribution is 2.34. The number of carbonyl (C=O) groups is 1. The van der Waals surface area contributed by atoms with E-state index in [1.807, 2.05) is 48.5 Å². The number of fused-ring (bicyclic) bond motifs is 1. The summed E-state index contributed by atoms with van der Waals surface area (Å²) in [4.78, 5) is 12.2. The highest BCUT2D eigenvalue weighted by Gasteiger charge is 2.31. The molecule has 2 nitrogen and oxygen atoms in total. The summed E-state index contributed by atoms with van der Waals surface area (Å²) in [6.07, 6.45) is 1.45. The zero-order valence-electron chi connectivity index (χ0n) is 10.9. The van der Waals surface area contributed by atoms with Gasteiger partial charge in [-0.05, 0) is 29.7 Å². The lowest BCUT2D eigenvalue weighted by Crippen LogP contribution is -2.19. The standard InChI is InChI=1S/C17H16O2/c1-2-6-16-17(18)14-11-13(9-10-15(14)19-16)12-7-4-3-5-8-12/h3-5,7-11,16H,2,6H2,1H3. The van der Waals surface area contributed by atoms with E-state index < -0.39 is 0 Å². The Labute approximate surface area is 113 Å². The molecule has 0 fully saturated rings. The van der Waals surface area contributed by atoms with Crippen LogP contribution in [0.3, 0.4) is 0 Å². The molecule has 3 rings (SSSR count). The monoisotopic (exact) mass is 252 g/mol. The average Bonchev–Trinajstić information content (AvgIpc) is 2.77. The molecule has 2 heteroatoms. The van der Waals surface area contributed by atoms with Gasteiger partial charge in [0.2, 0.25) is 5.78 Å². The van der Waals surface area contributed by atoms with Crippen LogP contribution in [0.25, 0.3) is 11.1 Å². The van der Waals surface area contributed by atoms with E-state index in [2.05, 4.69) is 6.92 Å². The first-order chi connectivity index (χ1) is 9.29. The van der Waals surface area contributed by atoms with Crippen molar-refractivity contribution in [1.82, 2.24) is 0 Å². The maximum Gasteiger partial charge on any atom is 0.207 e. The molecule has 0 aromatic heterocycles. The van der Waals surface area contributed by atoms with Crippen molar-refractivity contribution in [2.24, 2.45) is 0 Å². The van der Waals surface area contributed by atoms with Gasteiger partial charge in [0.1, 0.15) is 5.75 Å². The molecule has 0 spiro atoms. The number of hydrogen-bond acceptors (Lipinski definition) is 2. The highest BCUT2D eigenvalue weighted by atomic mass is 16.5. The summed E-state index contributed by atoms with van der Waals surface area (Å²) in [5, 5.41) is 0. The Morgan fingerprint density at radius 2 is 1.84 bits per heavy atom.